The van der Waals surface area contributed by atoms with Crippen LogP contribution in [0.1, 0.15) is 6.92 Å². The number of anilines is 1. The molecule has 14 heavy (non-hydrogen) atoms. The molecule has 0 spiro atoms. The topological polar surface area (TPSA) is 70.3 Å². The van der Waals surface area contributed by atoms with Gasteiger partial charge < -0.3 is 15.2 Å². The van der Waals surface area contributed by atoms with Crippen molar-refractivity contribution >= 4 is 5.95 Å². The zero-order valence-corrected chi connectivity index (χ0v) is 8.06. The van der Waals surface area contributed by atoms with Crippen molar-refractivity contribution < 1.29 is 9.47 Å². The normalized spacial score (nSPS) is 18.6. The Morgan fingerprint density at radius 3 is 3.00 bits per heavy atom. The number of hydrogen-bond donors (Lipinski definition) is 1. The molecule has 0 saturated carbocycles. The van der Waals surface area contributed by atoms with Gasteiger partial charge in [0.05, 0.1) is 19.8 Å². The van der Waals surface area contributed by atoms with E-state index in [4.69, 9.17) is 15.2 Å². The minimum absolute atomic E-state index is 0.125. The average Bonchev–Trinajstić information content (AvgIpc) is 2.12. The van der Waals surface area contributed by atoms with Crippen LogP contribution in [0.3, 0.4) is 0 Å². The SMILES string of the molecule is CC1(COc2ccnc(N)n2)COC1. The third kappa shape index (κ3) is 1.93. The van der Waals surface area contributed by atoms with E-state index in [1.54, 1.807) is 12.3 Å². The van der Waals surface area contributed by atoms with E-state index in [1.165, 1.54) is 0 Å². The van der Waals surface area contributed by atoms with Gasteiger partial charge >= 0.3 is 0 Å². The van der Waals surface area contributed by atoms with Crippen LogP contribution < -0.4 is 10.5 Å². The van der Waals surface area contributed by atoms with Crippen LogP contribution in [0.5, 0.6) is 5.88 Å². The van der Waals surface area contributed by atoms with Crippen molar-refractivity contribution in [3.63, 3.8) is 0 Å². The zero-order valence-electron chi connectivity index (χ0n) is 8.06. The number of nitrogens with zero attached hydrogens (tertiary/aromatic N) is 2. The molecule has 1 aliphatic rings. The van der Waals surface area contributed by atoms with Gasteiger partial charge in [0.2, 0.25) is 11.8 Å². The summed E-state index contributed by atoms with van der Waals surface area (Å²) in [5, 5.41) is 0. The van der Waals surface area contributed by atoms with E-state index in [9.17, 15) is 0 Å². The lowest BCUT2D eigenvalue weighted by Crippen LogP contribution is -2.44. The minimum atomic E-state index is 0.125. The van der Waals surface area contributed by atoms with Gasteiger partial charge in [-0.2, -0.15) is 4.98 Å². The summed E-state index contributed by atoms with van der Waals surface area (Å²) in [6.07, 6.45) is 1.58. The Bertz CT molecular complexity index is 326. The van der Waals surface area contributed by atoms with Gasteiger partial charge in [-0.05, 0) is 0 Å². The van der Waals surface area contributed by atoms with Crippen LogP contribution in [0.4, 0.5) is 5.95 Å². The van der Waals surface area contributed by atoms with Gasteiger partial charge in [-0.3, -0.25) is 0 Å². The largest absolute Gasteiger partial charge is 0.477 e. The van der Waals surface area contributed by atoms with E-state index < -0.39 is 0 Å². The van der Waals surface area contributed by atoms with Crippen LogP contribution in [0.25, 0.3) is 0 Å². The molecule has 0 aromatic carbocycles. The third-order valence-corrected chi connectivity index (χ3v) is 2.12. The van der Waals surface area contributed by atoms with Crippen molar-refractivity contribution in [1.82, 2.24) is 9.97 Å². The van der Waals surface area contributed by atoms with Crippen LogP contribution in [-0.2, 0) is 4.74 Å². The maximum Gasteiger partial charge on any atom is 0.223 e. The number of ether oxygens (including phenoxy) is 2. The molecule has 0 bridgehead atoms. The first-order valence-electron chi connectivity index (χ1n) is 4.47. The molecule has 1 aliphatic heterocycles. The molecule has 0 unspecified atom stereocenters. The molecule has 0 atom stereocenters. The molecule has 5 heteroatoms. The summed E-state index contributed by atoms with van der Waals surface area (Å²) in [5.74, 6) is 0.753. The van der Waals surface area contributed by atoms with Crippen molar-refractivity contribution in [2.75, 3.05) is 25.6 Å². The second-order valence-corrected chi connectivity index (χ2v) is 3.85. The van der Waals surface area contributed by atoms with Crippen LogP contribution in [-0.4, -0.2) is 29.8 Å². The molecule has 1 saturated heterocycles. The summed E-state index contributed by atoms with van der Waals surface area (Å²) in [6, 6.07) is 1.69. The number of aromatic nitrogens is 2. The Morgan fingerprint density at radius 2 is 2.43 bits per heavy atom. The van der Waals surface area contributed by atoms with Crippen molar-refractivity contribution in [3.05, 3.63) is 12.3 Å². The van der Waals surface area contributed by atoms with E-state index in [0.29, 0.717) is 12.5 Å². The summed E-state index contributed by atoms with van der Waals surface area (Å²) in [6.45, 7) is 4.20. The van der Waals surface area contributed by atoms with E-state index in [0.717, 1.165) is 13.2 Å². The highest BCUT2D eigenvalue weighted by molar-refractivity contribution is 5.20. The summed E-state index contributed by atoms with van der Waals surface area (Å²) >= 11 is 0. The van der Waals surface area contributed by atoms with Crippen molar-refractivity contribution in [3.8, 4) is 5.88 Å². The monoisotopic (exact) mass is 195 g/mol. The lowest BCUT2D eigenvalue weighted by Gasteiger charge is -2.37. The number of nitrogen functional groups attached to an aromatic ring is 1. The van der Waals surface area contributed by atoms with Gasteiger partial charge in [-0.1, -0.05) is 6.92 Å². The van der Waals surface area contributed by atoms with Crippen molar-refractivity contribution in [2.24, 2.45) is 5.41 Å². The number of rotatable bonds is 3. The van der Waals surface area contributed by atoms with Gasteiger partial charge in [-0.15, -0.1) is 0 Å². The van der Waals surface area contributed by atoms with E-state index in [1.807, 2.05) is 0 Å². The fraction of sp³-hybridized carbons (Fsp3) is 0.556. The van der Waals surface area contributed by atoms with Crippen LogP contribution in [0, 0.1) is 5.41 Å². The Kier molecular flexibility index (Phi) is 2.25. The first kappa shape index (κ1) is 9.21. The minimum Gasteiger partial charge on any atom is -0.477 e. The smallest absolute Gasteiger partial charge is 0.223 e. The van der Waals surface area contributed by atoms with Gasteiger partial charge in [-0.25, -0.2) is 4.98 Å². The molecule has 0 aliphatic carbocycles. The number of nitrogens with two attached hydrogens (primary N) is 1. The molecular formula is C9H13N3O2. The van der Waals surface area contributed by atoms with Crippen LogP contribution in [0.2, 0.25) is 0 Å². The molecule has 1 aromatic rings. The van der Waals surface area contributed by atoms with Gasteiger partial charge in [0, 0.05) is 17.7 Å². The number of hydrogen-bond acceptors (Lipinski definition) is 5. The highest BCUT2D eigenvalue weighted by atomic mass is 16.5. The summed E-state index contributed by atoms with van der Waals surface area (Å²) in [4.78, 5) is 7.72. The summed E-state index contributed by atoms with van der Waals surface area (Å²) in [7, 11) is 0. The molecule has 1 fully saturated rings. The second-order valence-electron chi connectivity index (χ2n) is 3.85. The fourth-order valence-electron chi connectivity index (χ4n) is 1.22. The fourth-order valence-corrected chi connectivity index (χ4v) is 1.22. The maximum absolute atomic E-state index is 5.48. The Hall–Kier alpha value is -1.36. The second kappa shape index (κ2) is 3.42. The molecular weight excluding hydrogens is 182 g/mol. The molecule has 2 N–H and O–H groups in total. The van der Waals surface area contributed by atoms with Gasteiger partial charge in [0.1, 0.15) is 0 Å². The standard InChI is InChI=1S/C9H13N3O2/c1-9(4-13-5-9)6-14-7-2-3-11-8(10)12-7/h2-3H,4-6H2,1H3,(H2,10,11,12). The van der Waals surface area contributed by atoms with Crippen LogP contribution in [0.15, 0.2) is 12.3 Å². The predicted molar refractivity (Wildman–Crippen MR) is 50.9 cm³/mol. The molecule has 1 aromatic heterocycles. The molecule has 2 rings (SSSR count). The molecule has 0 radical (unpaired) electrons. The molecule has 76 valence electrons. The summed E-state index contributed by atoms with van der Waals surface area (Å²) in [5.41, 5.74) is 5.54. The van der Waals surface area contributed by atoms with Crippen molar-refractivity contribution in [1.29, 1.82) is 0 Å². The molecule has 5 nitrogen and oxygen atoms in total. The van der Waals surface area contributed by atoms with Gasteiger partial charge in [0.15, 0.2) is 0 Å². The van der Waals surface area contributed by atoms with E-state index >= 15 is 0 Å². The third-order valence-electron chi connectivity index (χ3n) is 2.12. The highest BCUT2D eigenvalue weighted by Crippen LogP contribution is 2.26. The van der Waals surface area contributed by atoms with Crippen LogP contribution >= 0.6 is 0 Å². The van der Waals surface area contributed by atoms with E-state index in [2.05, 4.69) is 16.9 Å². The Balaban J connectivity index is 1.91. The van der Waals surface area contributed by atoms with Crippen molar-refractivity contribution in [2.45, 2.75) is 6.92 Å². The first-order valence-corrected chi connectivity index (χ1v) is 4.47. The summed E-state index contributed by atoms with van der Waals surface area (Å²) < 4.78 is 10.6. The predicted octanol–water partition coefficient (Wildman–Crippen LogP) is 0.474. The lowest BCUT2D eigenvalue weighted by atomic mass is 9.90. The Morgan fingerprint density at radius 1 is 1.64 bits per heavy atom. The maximum atomic E-state index is 5.48. The molecule has 0 amide bonds. The lowest BCUT2D eigenvalue weighted by molar-refractivity contribution is -0.120. The highest BCUT2D eigenvalue weighted by Gasteiger charge is 2.34. The van der Waals surface area contributed by atoms with E-state index in [-0.39, 0.29) is 11.4 Å². The van der Waals surface area contributed by atoms with Gasteiger partial charge in [0.25, 0.3) is 0 Å². The first-order chi connectivity index (χ1) is 6.68. The quantitative estimate of drug-likeness (QED) is 0.759. The molecule has 2 heterocycles. The Labute approximate surface area is 82.3 Å². The average molecular weight is 195 g/mol. The zero-order chi connectivity index (χ0) is 10.0.